The molecule has 0 aliphatic carbocycles. The van der Waals surface area contributed by atoms with Crippen molar-refractivity contribution in [1.29, 1.82) is 0 Å². The Labute approximate surface area is 145 Å². The van der Waals surface area contributed by atoms with Crippen LogP contribution in [0.2, 0.25) is 0 Å². The molecule has 2 fully saturated rings. The number of benzene rings is 1. The number of hydrogen-bond acceptors (Lipinski definition) is 4. The summed E-state index contributed by atoms with van der Waals surface area (Å²) >= 11 is 0. The highest BCUT2D eigenvalue weighted by atomic mass is 17.2. The van der Waals surface area contributed by atoms with Crippen molar-refractivity contribution in [3.8, 4) is 0 Å². The van der Waals surface area contributed by atoms with Crippen LogP contribution in [0.3, 0.4) is 0 Å². The Balaban J connectivity index is 2.22. The topological polar surface area (TPSA) is 36.9 Å². The zero-order valence-electron chi connectivity index (χ0n) is 15.8. The van der Waals surface area contributed by atoms with Crippen molar-refractivity contribution >= 4 is 0 Å². The zero-order chi connectivity index (χ0) is 17.6. The summed E-state index contributed by atoms with van der Waals surface area (Å²) in [5, 5.41) is 0. The summed E-state index contributed by atoms with van der Waals surface area (Å²) in [6, 6.07) is 8.67. The van der Waals surface area contributed by atoms with Gasteiger partial charge in [0.15, 0.2) is 0 Å². The van der Waals surface area contributed by atoms with Gasteiger partial charge in [0.2, 0.25) is 0 Å². The molecule has 2 saturated heterocycles. The molecule has 3 rings (SSSR count). The monoisotopic (exact) mass is 334 g/mol. The summed E-state index contributed by atoms with van der Waals surface area (Å²) in [6.45, 7) is 15.8. The van der Waals surface area contributed by atoms with E-state index in [1.807, 2.05) is 0 Å². The molecule has 0 aromatic heterocycles. The van der Waals surface area contributed by atoms with Crippen molar-refractivity contribution in [2.75, 3.05) is 26.4 Å². The van der Waals surface area contributed by atoms with Crippen molar-refractivity contribution in [1.82, 2.24) is 0 Å². The van der Waals surface area contributed by atoms with Crippen LogP contribution in [-0.4, -0.2) is 26.4 Å². The highest BCUT2D eigenvalue weighted by Gasteiger charge is 2.55. The molecule has 1 aromatic carbocycles. The quantitative estimate of drug-likeness (QED) is 0.760. The van der Waals surface area contributed by atoms with Crippen molar-refractivity contribution in [2.45, 2.75) is 52.4 Å². The lowest BCUT2D eigenvalue weighted by molar-refractivity contribution is -0.248. The van der Waals surface area contributed by atoms with Crippen molar-refractivity contribution < 1.29 is 19.6 Å². The van der Waals surface area contributed by atoms with E-state index in [0.29, 0.717) is 26.4 Å². The maximum atomic E-state index is 5.42. The van der Waals surface area contributed by atoms with Gasteiger partial charge in [0.25, 0.3) is 0 Å². The van der Waals surface area contributed by atoms with E-state index >= 15 is 0 Å². The summed E-state index contributed by atoms with van der Waals surface area (Å²) in [7, 11) is 0. The fourth-order valence-corrected chi connectivity index (χ4v) is 3.96. The van der Waals surface area contributed by atoms with Crippen LogP contribution >= 0.6 is 0 Å². The van der Waals surface area contributed by atoms with Crippen LogP contribution in [0.5, 0.6) is 0 Å². The molecule has 134 valence electrons. The molecule has 4 heteroatoms. The molecule has 0 radical (unpaired) electrons. The molecule has 24 heavy (non-hydrogen) atoms. The van der Waals surface area contributed by atoms with Gasteiger partial charge in [0.05, 0.1) is 37.3 Å². The Morgan fingerprint density at radius 3 is 1.17 bits per heavy atom. The summed E-state index contributed by atoms with van der Waals surface area (Å²) in [4.78, 5) is 21.7. The van der Waals surface area contributed by atoms with Crippen LogP contribution in [0, 0.1) is 10.8 Å². The fourth-order valence-electron chi connectivity index (χ4n) is 3.96. The molecule has 2 aliphatic rings. The predicted molar refractivity (Wildman–Crippen MR) is 92.5 cm³/mol. The van der Waals surface area contributed by atoms with E-state index in [4.69, 9.17) is 19.6 Å². The second-order valence-electron chi connectivity index (χ2n) is 9.26. The molecule has 0 bridgehead atoms. The van der Waals surface area contributed by atoms with Gasteiger partial charge in [-0.25, -0.2) is 19.6 Å². The molecule has 2 heterocycles. The van der Waals surface area contributed by atoms with Gasteiger partial charge >= 0.3 is 0 Å². The molecular weight excluding hydrogens is 304 g/mol. The Hall–Kier alpha value is -0.940. The number of hydrogen-bond donors (Lipinski definition) is 0. The Morgan fingerprint density at radius 2 is 0.917 bits per heavy atom. The van der Waals surface area contributed by atoms with Gasteiger partial charge in [-0.3, -0.25) is 0 Å². The normalized spacial score (nSPS) is 23.6. The molecule has 0 spiro atoms. The minimum absolute atomic E-state index is 0.000996. The zero-order valence-corrected chi connectivity index (χ0v) is 15.8. The van der Waals surface area contributed by atoms with Crippen LogP contribution in [0.1, 0.15) is 52.7 Å². The predicted octanol–water partition coefficient (Wildman–Crippen LogP) is 4.18. The van der Waals surface area contributed by atoms with Crippen LogP contribution in [0.15, 0.2) is 24.3 Å². The van der Waals surface area contributed by atoms with E-state index in [-0.39, 0.29) is 21.7 Å². The smallest absolute Gasteiger partial charge is 0.0947 e. The minimum atomic E-state index is -0.190. The molecule has 0 amide bonds. The lowest BCUT2D eigenvalue weighted by Crippen LogP contribution is -2.49. The highest BCUT2D eigenvalue weighted by molar-refractivity contribution is 5.44. The molecule has 0 atom stereocenters. The van der Waals surface area contributed by atoms with Crippen molar-refractivity contribution in [3.05, 3.63) is 35.4 Å². The van der Waals surface area contributed by atoms with E-state index in [2.05, 4.69) is 65.8 Å². The summed E-state index contributed by atoms with van der Waals surface area (Å²) < 4.78 is 0. The Kier molecular flexibility index (Phi) is 4.32. The first-order chi connectivity index (χ1) is 11.1. The minimum Gasteiger partial charge on any atom is -0.236 e. The molecule has 0 saturated carbocycles. The first-order valence-corrected chi connectivity index (χ1v) is 8.73. The first-order valence-electron chi connectivity index (χ1n) is 8.73. The largest absolute Gasteiger partial charge is 0.236 e. The third-order valence-electron chi connectivity index (χ3n) is 6.22. The maximum Gasteiger partial charge on any atom is 0.0947 e. The van der Waals surface area contributed by atoms with Crippen LogP contribution in [0.25, 0.3) is 0 Å². The van der Waals surface area contributed by atoms with Gasteiger partial charge in [0.1, 0.15) is 0 Å². The van der Waals surface area contributed by atoms with Gasteiger partial charge in [-0.2, -0.15) is 0 Å². The molecule has 1 aromatic rings. The third-order valence-corrected chi connectivity index (χ3v) is 6.22. The second kappa shape index (κ2) is 5.80. The van der Waals surface area contributed by atoms with Crippen LogP contribution in [-0.2, 0) is 30.4 Å². The van der Waals surface area contributed by atoms with Gasteiger partial charge in [0, 0.05) is 0 Å². The van der Waals surface area contributed by atoms with E-state index in [9.17, 15) is 0 Å². The van der Waals surface area contributed by atoms with E-state index in [1.165, 1.54) is 11.1 Å². The lowest BCUT2D eigenvalue weighted by atomic mass is 9.56. The third kappa shape index (κ3) is 2.51. The average Bonchev–Trinajstić information content (AvgIpc) is 3.17. The van der Waals surface area contributed by atoms with E-state index < -0.39 is 0 Å². The summed E-state index contributed by atoms with van der Waals surface area (Å²) in [5.74, 6) is 0. The lowest BCUT2D eigenvalue weighted by Gasteiger charge is -2.46. The fraction of sp³-hybridized carbons (Fsp3) is 0.700. The van der Waals surface area contributed by atoms with Gasteiger partial charge in [-0.15, -0.1) is 0 Å². The molecule has 2 aliphatic heterocycles. The summed E-state index contributed by atoms with van der Waals surface area (Å²) in [5.41, 5.74) is 2.20. The van der Waals surface area contributed by atoms with Gasteiger partial charge in [-0.1, -0.05) is 65.8 Å². The Morgan fingerprint density at radius 1 is 0.625 bits per heavy atom. The second-order valence-corrected chi connectivity index (χ2v) is 9.26. The van der Waals surface area contributed by atoms with Crippen LogP contribution < -0.4 is 0 Å². The highest BCUT2D eigenvalue weighted by Crippen LogP contribution is 2.52. The van der Waals surface area contributed by atoms with E-state index in [0.717, 1.165) is 0 Å². The van der Waals surface area contributed by atoms with Gasteiger partial charge in [-0.05, 0) is 22.0 Å². The Bertz CT molecular complexity index is 529. The molecule has 4 nitrogen and oxygen atoms in total. The molecular formula is C20H30O4. The SMILES string of the molecule is CC(C)(C)C1(c2ccccc2C2(C(C)(C)C)COOC2)COOC1. The van der Waals surface area contributed by atoms with Crippen molar-refractivity contribution in [2.24, 2.45) is 10.8 Å². The van der Waals surface area contributed by atoms with E-state index in [1.54, 1.807) is 0 Å². The standard InChI is InChI=1S/C20H30O4/c1-17(2,3)19(11-21-22-12-19)15-9-7-8-10-16(15)20(18(4,5)6)13-23-24-14-20/h7-10H,11-14H2,1-6H3. The maximum absolute atomic E-state index is 5.42. The molecule has 0 N–H and O–H groups in total. The summed E-state index contributed by atoms with van der Waals surface area (Å²) in [6.07, 6.45) is 0. The number of rotatable bonds is 2. The molecule has 0 unspecified atom stereocenters. The average molecular weight is 334 g/mol. The first kappa shape index (κ1) is 17.9. The van der Waals surface area contributed by atoms with Crippen LogP contribution in [0.4, 0.5) is 0 Å². The van der Waals surface area contributed by atoms with Gasteiger partial charge < -0.3 is 0 Å². The van der Waals surface area contributed by atoms with Crippen molar-refractivity contribution in [3.63, 3.8) is 0 Å².